The minimum Gasteiger partial charge on any atom is -0.480 e. The first-order valence-corrected chi connectivity index (χ1v) is 10.6. The molecule has 4 amide bonds. The molecular weight excluding hydrogens is 434 g/mol. The van der Waals surface area contributed by atoms with E-state index in [0.29, 0.717) is 6.42 Å². The van der Waals surface area contributed by atoms with Gasteiger partial charge in [0.15, 0.2) is 0 Å². The minimum absolute atomic E-state index is 0.00986. The van der Waals surface area contributed by atoms with Crippen molar-refractivity contribution < 1.29 is 29.1 Å². The summed E-state index contributed by atoms with van der Waals surface area (Å²) in [6.45, 7) is 3.47. The van der Waals surface area contributed by atoms with Gasteiger partial charge >= 0.3 is 5.97 Å². The molecule has 0 aromatic rings. The number of aliphatic carboxylic acids is 1. The summed E-state index contributed by atoms with van der Waals surface area (Å²) in [5, 5.41) is 16.5. The van der Waals surface area contributed by atoms with Crippen LogP contribution in [0.5, 0.6) is 0 Å². The zero-order chi connectivity index (χ0) is 23.4. The summed E-state index contributed by atoms with van der Waals surface area (Å²) >= 11 is 8.05. The molecule has 8 N–H and O–H groups in total. The number of amides is 4. The Hall–Kier alpha value is -1.99. The lowest BCUT2D eigenvalue weighted by Crippen LogP contribution is -2.58. The second kappa shape index (κ2) is 14.1. The van der Waals surface area contributed by atoms with E-state index in [-0.39, 0.29) is 30.3 Å². The number of rotatable bonds is 14. The predicted molar refractivity (Wildman–Crippen MR) is 117 cm³/mol. The lowest BCUT2D eigenvalue weighted by molar-refractivity contribution is -0.143. The Morgan fingerprint density at radius 1 is 0.933 bits per heavy atom. The lowest BCUT2D eigenvalue weighted by atomic mass is 9.99. The first kappa shape index (κ1) is 28.0. The number of carbonyl (C=O) groups excluding carboxylic acids is 4. The third-order valence-corrected chi connectivity index (χ3v) is 5.18. The van der Waals surface area contributed by atoms with Crippen LogP contribution >= 0.6 is 25.3 Å². The van der Waals surface area contributed by atoms with Crippen LogP contribution in [0.15, 0.2) is 0 Å². The van der Waals surface area contributed by atoms with Gasteiger partial charge in [-0.1, -0.05) is 20.3 Å². The van der Waals surface area contributed by atoms with E-state index < -0.39 is 53.8 Å². The van der Waals surface area contributed by atoms with Crippen molar-refractivity contribution in [2.45, 2.75) is 57.3 Å². The summed E-state index contributed by atoms with van der Waals surface area (Å²) in [4.78, 5) is 59.1. The van der Waals surface area contributed by atoms with E-state index >= 15 is 0 Å². The monoisotopic (exact) mass is 465 g/mol. The molecular formula is C17H31N5O6S2. The van der Waals surface area contributed by atoms with Crippen LogP contribution in [0.25, 0.3) is 0 Å². The maximum Gasteiger partial charge on any atom is 0.326 e. The molecule has 0 saturated carbocycles. The molecule has 11 nitrogen and oxygen atoms in total. The lowest BCUT2D eigenvalue weighted by Gasteiger charge is -2.25. The average Bonchev–Trinajstić information content (AvgIpc) is 2.70. The normalized spacial score (nSPS) is 15.8. The molecule has 0 aromatic carbocycles. The summed E-state index contributed by atoms with van der Waals surface area (Å²) < 4.78 is 0. The Balaban J connectivity index is 5.00. The highest BCUT2D eigenvalue weighted by atomic mass is 32.1. The summed E-state index contributed by atoms with van der Waals surface area (Å²) in [6, 6.07) is -4.41. The van der Waals surface area contributed by atoms with Gasteiger partial charge in [-0.05, 0) is 12.3 Å². The van der Waals surface area contributed by atoms with Crippen LogP contribution in [-0.4, -0.2) is 70.4 Å². The van der Waals surface area contributed by atoms with Gasteiger partial charge < -0.3 is 32.5 Å². The van der Waals surface area contributed by atoms with Gasteiger partial charge in [-0.15, -0.1) is 0 Å². The Bertz CT molecular complexity index is 636. The zero-order valence-corrected chi connectivity index (χ0v) is 18.7. The van der Waals surface area contributed by atoms with Gasteiger partial charge in [0.25, 0.3) is 0 Å². The van der Waals surface area contributed by atoms with E-state index in [0.717, 1.165) is 0 Å². The molecule has 0 rings (SSSR count). The number of hydrogen-bond donors (Lipinski definition) is 8. The number of nitrogens with one attached hydrogen (secondary N) is 3. The Morgan fingerprint density at radius 3 is 1.80 bits per heavy atom. The van der Waals surface area contributed by atoms with Gasteiger partial charge in [0.1, 0.15) is 18.1 Å². The molecule has 0 aliphatic carbocycles. The molecule has 0 aromatic heterocycles. The molecule has 0 aliphatic rings. The van der Waals surface area contributed by atoms with Crippen LogP contribution < -0.4 is 27.4 Å². The van der Waals surface area contributed by atoms with E-state index in [1.54, 1.807) is 13.8 Å². The van der Waals surface area contributed by atoms with Crippen molar-refractivity contribution in [2.24, 2.45) is 17.4 Å². The molecule has 0 radical (unpaired) electrons. The van der Waals surface area contributed by atoms with Gasteiger partial charge in [-0.2, -0.15) is 25.3 Å². The smallest absolute Gasteiger partial charge is 0.326 e. The molecule has 0 saturated heterocycles. The topological polar surface area (TPSA) is 194 Å². The summed E-state index contributed by atoms with van der Waals surface area (Å²) in [7, 11) is 0. The molecule has 0 aliphatic heterocycles. The maximum atomic E-state index is 12.5. The maximum absolute atomic E-state index is 12.5. The average molecular weight is 466 g/mol. The number of nitrogens with two attached hydrogens (primary N) is 2. The van der Waals surface area contributed by atoms with Crippen LogP contribution in [0.1, 0.15) is 33.1 Å². The molecule has 5 unspecified atom stereocenters. The molecule has 0 fully saturated rings. The highest BCUT2D eigenvalue weighted by molar-refractivity contribution is 7.80. The highest BCUT2D eigenvalue weighted by Gasteiger charge is 2.31. The van der Waals surface area contributed by atoms with Crippen LogP contribution in [0.3, 0.4) is 0 Å². The van der Waals surface area contributed by atoms with Crippen molar-refractivity contribution in [1.29, 1.82) is 0 Å². The van der Waals surface area contributed by atoms with Crippen molar-refractivity contribution in [3.05, 3.63) is 0 Å². The molecule has 0 spiro atoms. The first-order valence-electron chi connectivity index (χ1n) is 9.37. The number of primary amides is 1. The third kappa shape index (κ3) is 9.67. The van der Waals surface area contributed by atoms with Crippen LogP contribution in [-0.2, 0) is 24.0 Å². The first-order chi connectivity index (χ1) is 14.0. The molecule has 30 heavy (non-hydrogen) atoms. The van der Waals surface area contributed by atoms with E-state index in [1.165, 1.54) is 0 Å². The predicted octanol–water partition coefficient (Wildman–Crippen LogP) is -1.98. The largest absolute Gasteiger partial charge is 0.480 e. The van der Waals surface area contributed by atoms with E-state index in [2.05, 4.69) is 41.2 Å². The quantitative estimate of drug-likeness (QED) is 0.136. The Labute approximate surface area is 186 Å². The standard InChI is InChI=1S/C17H31N5O6S2/c1-3-8(2)13(17(27)28)22-16(26)11(7-30)21-15(25)10(6-29)20-14(24)9(18)4-5-12(19)23/h8-11,13,29-30H,3-7,18H2,1-2H3,(H2,19,23)(H,20,24)(H,21,25)(H,22,26)(H,27,28). The van der Waals surface area contributed by atoms with Gasteiger partial charge in [-0.3, -0.25) is 19.2 Å². The van der Waals surface area contributed by atoms with E-state index in [9.17, 15) is 29.1 Å². The van der Waals surface area contributed by atoms with Gasteiger partial charge in [-0.25, -0.2) is 4.79 Å². The molecule has 172 valence electrons. The van der Waals surface area contributed by atoms with Crippen molar-refractivity contribution in [1.82, 2.24) is 16.0 Å². The van der Waals surface area contributed by atoms with Crippen molar-refractivity contribution in [3.8, 4) is 0 Å². The van der Waals surface area contributed by atoms with Crippen molar-refractivity contribution in [2.75, 3.05) is 11.5 Å². The SMILES string of the molecule is CCC(C)C(NC(=O)C(CS)NC(=O)C(CS)NC(=O)C(N)CCC(N)=O)C(=O)O. The van der Waals surface area contributed by atoms with Crippen LogP contribution in [0.2, 0.25) is 0 Å². The van der Waals surface area contributed by atoms with Crippen molar-refractivity contribution in [3.63, 3.8) is 0 Å². The Kier molecular flexibility index (Phi) is 13.2. The zero-order valence-electron chi connectivity index (χ0n) is 17.0. The van der Waals surface area contributed by atoms with Gasteiger partial charge in [0, 0.05) is 17.9 Å². The fraction of sp³-hybridized carbons (Fsp3) is 0.706. The third-order valence-electron chi connectivity index (χ3n) is 4.45. The fourth-order valence-electron chi connectivity index (χ4n) is 2.31. The second-order valence-electron chi connectivity index (χ2n) is 6.81. The summed E-state index contributed by atoms with van der Waals surface area (Å²) in [5.41, 5.74) is 10.7. The number of carboxylic acid groups (broad SMARTS) is 1. The van der Waals surface area contributed by atoms with Crippen LogP contribution in [0.4, 0.5) is 0 Å². The number of carboxylic acids is 1. The van der Waals surface area contributed by atoms with Crippen molar-refractivity contribution >= 4 is 54.9 Å². The molecule has 0 heterocycles. The minimum atomic E-state index is -1.19. The van der Waals surface area contributed by atoms with Gasteiger partial charge in [0.05, 0.1) is 6.04 Å². The van der Waals surface area contributed by atoms with Gasteiger partial charge in [0.2, 0.25) is 23.6 Å². The summed E-state index contributed by atoms with van der Waals surface area (Å²) in [5.74, 6) is -4.43. The molecule has 13 heteroatoms. The second-order valence-corrected chi connectivity index (χ2v) is 7.54. The summed E-state index contributed by atoms with van der Waals surface area (Å²) in [6.07, 6.45) is 0.448. The molecule has 5 atom stereocenters. The Morgan fingerprint density at radius 2 is 1.40 bits per heavy atom. The number of thiol groups is 2. The van der Waals surface area contributed by atoms with E-state index in [1.807, 2.05) is 0 Å². The number of carbonyl (C=O) groups is 5. The van der Waals surface area contributed by atoms with E-state index in [4.69, 9.17) is 11.5 Å². The molecule has 0 bridgehead atoms. The fourth-order valence-corrected chi connectivity index (χ4v) is 2.82. The van der Waals surface area contributed by atoms with Crippen LogP contribution in [0, 0.1) is 5.92 Å². The highest BCUT2D eigenvalue weighted by Crippen LogP contribution is 2.08. The number of hydrogen-bond acceptors (Lipinski definition) is 8.